The lowest BCUT2D eigenvalue weighted by Crippen LogP contribution is -2.25. The van der Waals surface area contributed by atoms with Crippen molar-refractivity contribution >= 4 is 22.9 Å². The highest BCUT2D eigenvalue weighted by molar-refractivity contribution is 6.08. The minimum atomic E-state index is -0.430. The standard InChI is InChI=1S/C26H24N4O/c1-18-8-4-5-9-21(18)16-29-17-23(24-10-6-7-11-25(24)29)14-22(15-27)26(31)28-30-19(2)12-13-20(30)3/h4-14,17H,16H2,1-3H3,(H,28,31)/b22-14+. The number of carbonyl (C=O) groups is 1. The van der Waals surface area contributed by atoms with Crippen LogP contribution >= 0.6 is 0 Å². The molecule has 0 bridgehead atoms. The van der Waals surface area contributed by atoms with Gasteiger partial charge in [-0.15, -0.1) is 0 Å². The van der Waals surface area contributed by atoms with Crippen LogP contribution in [0.4, 0.5) is 0 Å². The minimum absolute atomic E-state index is 0.0614. The second-order valence-electron chi connectivity index (χ2n) is 7.72. The van der Waals surface area contributed by atoms with Crippen LogP contribution in [0, 0.1) is 32.1 Å². The first kappa shape index (κ1) is 20.2. The predicted molar refractivity (Wildman–Crippen MR) is 124 cm³/mol. The summed E-state index contributed by atoms with van der Waals surface area (Å²) in [4.78, 5) is 12.8. The summed E-state index contributed by atoms with van der Waals surface area (Å²) in [5.41, 5.74) is 9.04. The molecular weight excluding hydrogens is 384 g/mol. The van der Waals surface area contributed by atoms with Gasteiger partial charge in [0.15, 0.2) is 0 Å². The fourth-order valence-electron chi connectivity index (χ4n) is 3.80. The van der Waals surface area contributed by atoms with E-state index in [0.717, 1.165) is 34.4 Å². The van der Waals surface area contributed by atoms with Gasteiger partial charge in [0.2, 0.25) is 0 Å². The summed E-state index contributed by atoms with van der Waals surface area (Å²) in [6.45, 7) is 6.63. The van der Waals surface area contributed by atoms with Gasteiger partial charge >= 0.3 is 0 Å². The molecule has 0 saturated heterocycles. The van der Waals surface area contributed by atoms with Crippen molar-refractivity contribution in [3.8, 4) is 6.07 Å². The van der Waals surface area contributed by atoms with E-state index in [9.17, 15) is 10.1 Å². The first-order valence-corrected chi connectivity index (χ1v) is 10.2. The Balaban J connectivity index is 1.71. The van der Waals surface area contributed by atoms with Crippen molar-refractivity contribution in [1.82, 2.24) is 9.24 Å². The number of amides is 1. The molecule has 0 aliphatic carbocycles. The van der Waals surface area contributed by atoms with Gasteiger partial charge < -0.3 is 4.57 Å². The monoisotopic (exact) mass is 408 g/mol. The zero-order valence-corrected chi connectivity index (χ0v) is 17.9. The largest absolute Gasteiger partial charge is 0.342 e. The maximum atomic E-state index is 12.8. The molecule has 4 rings (SSSR count). The highest BCUT2D eigenvalue weighted by atomic mass is 16.2. The second kappa shape index (κ2) is 8.37. The van der Waals surface area contributed by atoms with Crippen LogP contribution in [0.3, 0.4) is 0 Å². The molecule has 2 aromatic heterocycles. The summed E-state index contributed by atoms with van der Waals surface area (Å²) < 4.78 is 3.85. The predicted octanol–water partition coefficient (Wildman–Crippen LogP) is 5.09. The number of hydrogen-bond acceptors (Lipinski definition) is 2. The molecule has 0 spiro atoms. The quantitative estimate of drug-likeness (QED) is 0.369. The van der Waals surface area contributed by atoms with Crippen LogP contribution < -0.4 is 5.43 Å². The highest BCUT2D eigenvalue weighted by Crippen LogP contribution is 2.25. The molecule has 31 heavy (non-hydrogen) atoms. The SMILES string of the molecule is Cc1ccccc1Cn1cc(/C=C(\C#N)C(=O)Nn2c(C)ccc2C)c2ccccc21. The van der Waals surface area contributed by atoms with Crippen molar-refractivity contribution in [3.05, 3.63) is 101 Å². The van der Waals surface area contributed by atoms with Gasteiger partial charge in [0.05, 0.1) is 0 Å². The molecule has 0 unspecified atom stereocenters. The smallest absolute Gasteiger partial charge is 0.280 e. The Morgan fingerprint density at radius 1 is 1.00 bits per heavy atom. The number of nitrogens with zero attached hydrogens (tertiary/aromatic N) is 3. The molecule has 0 aliphatic heterocycles. The normalized spacial score (nSPS) is 11.5. The van der Waals surface area contributed by atoms with Crippen LogP contribution in [0.25, 0.3) is 17.0 Å². The van der Waals surface area contributed by atoms with E-state index < -0.39 is 5.91 Å². The third-order valence-electron chi connectivity index (χ3n) is 5.57. The van der Waals surface area contributed by atoms with Gasteiger partial charge in [0.1, 0.15) is 11.6 Å². The molecule has 0 radical (unpaired) electrons. The van der Waals surface area contributed by atoms with E-state index in [2.05, 4.69) is 41.2 Å². The summed E-state index contributed by atoms with van der Waals surface area (Å²) >= 11 is 0. The molecule has 1 amide bonds. The number of aromatic nitrogens is 2. The van der Waals surface area contributed by atoms with E-state index in [0.29, 0.717) is 0 Å². The van der Waals surface area contributed by atoms with Gasteiger partial charge in [-0.25, -0.2) is 0 Å². The molecule has 0 fully saturated rings. The Labute approximate surface area is 181 Å². The average molecular weight is 409 g/mol. The molecule has 2 heterocycles. The Morgan fingerprint density at radius 3 is 2.39 bits per heavy atom. The van der Waals surface area contributed by atoms with Crippen LogP contribution in [-0.4, -0.2) is 15.2 Å². The molecule has 4 aromatic rings. The molecule has 0 atom stereocenters. The lowest BCUT2D eigenvalue weighted by atomic mass is 10.1. The van der Waals surface area contributed by atoms with Crippen LogP contribution in [0.5, 0.6) is 0 Å². The van der Waals surface area contributed by atoms with E-state index in [1.807, 2.05) is 62.5 Å². The molecule has 154 valence electrons. The Hall–Kier alpha value is -4.04. The van der Waals surface area contributed by atoms with Crippen molar-refractivity contribution in [1.29, 1.82) is 5.26 Å². The van der Waals surface area contributed by atoms with E-state index in [1.165, 1.54) is 11.1 Å². The lowest BCUT2D eigenvalue weighted by molar-refractivity contribution is -0.113. The minimum Gasteiger partial charge on any atom is -0.342 e. The number of rotatable bonds is 5. The van der Waals surface area contributed by atoms with Crippen LogP contribution in [0.2, 0.25) is 0 Å². The summed E-state index contributed by atoms with van der Waals surface area (Å²) in [7, 11) is 0. The second-order valence-corrected chi connectivity index (χ2v) is 7.72. The molecule has 1 N–H and O–H groups in total. The molecule has 5 nitrogen and oxygen atoms in total. The average Bonchev–Trinajstić information content (AvgIpc) is 3.28. The maximum Gasteiger partial charge on any atom is 0.280 e. The third-order valence-corrected chi connectivity index (χ3v) is 5.57. The maximum absolute atomic E-state index is 12.8. The Kier molecular flexibility index (Phi) is 5.46. The molecule has 2 aromatic carbocycles. The van der Waals surface area contributed by atoms with E-state index >= 15 is 0 Å². The number of aryl methyl sites for hydroxylation is 3. The number of fused-ring (bicyclic) bond motifs is 1. The van der Waals surface area contributed by atoms with E-state index in [4.69, 9.17) is 0 Å². The van der Waals surface area contributed by atoms with Crippen LogP contribution in [-0.2, 0) is 11.3 Å². The van der Waals surface area contributed by atoms with Crippen LogP contribution in [0.15, 0.2) is 72.4 Å². The summed E-state index contributed by atoms with van der Waals surface area (Å²) in [6, 6.07) is 22.2. The van der Waals surface area contributed by atoms with Crippen molar-refractivity contribution < 1.29 is 4.79 Å². The molecular formula is C26H24N4O. The summed E-state index contributed by atoms with van der Waals surface area (Å²) in [5.74, 6) is -0.430. The first-order valence-electron chi connectivity index (χ1n) is 10.2. The van der Waals surface area contributed by atoms with Crippen LogP contribution in [0.1, 0.15) is 28.1 Å². The van der Waals surface area contributed by atoms with Gasteiger partial charge in [0, 0.05) is 40.6 Å². The molecule has 5 heteroatoms. The zero-order chi connectivity index (χ0) is 22.0. The number of benzene rings is 2. The first-order chi connectivity index (χ1) is 15.0. The third kappa shape index (κ3) is 4.01. The Morgan fingerprint density at radius 2 is 1.68 bits per heavy atom. The lowest BCUT2D eigenvalue weighted by Gasteiger charge is -2.10. The van der Waals surface area contributed by atoms with Crippen molar-refractivity contribution in [3.63, 3.8) is 0 Å². The highest BCUT2D eigenvalue weighted by Gasteiger charge is 2.14. The molecule has 0 saturated carbocycles. The number of para-hydroxylation sites is 1. The number of nitrogens with one attached hydrogen (secondary N) is 1. The Bertz CT molecular complexity index is 1330. The van der Waals surface area contributed by atoms with E-state index in [1.54, 1.807) is 10.8 Å². The van der Waals surface area contributed by atoms with Gasteiger partial charge in [-0.1, -0.05) is 42.5 Å². The number of nitriles is 1. The van der Waals surface area contributed by atoms with Gasteiger partial charge in [-0.3, -0.25) is 14.9 Å². The fourth-order valence-corrected chi connectivity index (χ4v) is 3.80. The topological polar surface area (TPSA) is 62.8 Å². The number of hydrogen-bond donors (Lipinski definition) is 1. The van der Waals surface area contributed by atoms with Gasteiger partial charge in [-0.2, -0.15) is 5.26 Å². The van der Waals surface area contributed by atoms with E-state index in [-0.39, 0.29) is 5.57 Å². The van der Waals surface area contributed by atoms with Crippen molar-refractivity contribution in [2.75, 3.05) is 5.43 Å². The zero-order valence-electron chi connectivity index (χ0n) is 17.9. The van der Waals surface area contributed by atoms with Crippen molar-refractivity contribution in [2.45, 2.75) is 27.3 Å². The van der Waals surface area contributed by atoms with Gasteiger partial charge in [-0.05, 0) is 56.2 Å². The summed E-state index contributed by atoms with van der Waals surface area (Å²) in [6.07, 6.45) is 3.67. The summed E-state index contributed by atoms with van der Waals surface area (Å²) in [5, 5.41) is 10.7. The molecule has 0 aliphatic rings. The number of carbonyl (C=O) groups excluding carboxylic acids is 1. The fraction of sp³-hybridized carbons (Fsp3) is 0.154. The van der Waals surface area contributed by atoms with Crippen molar-refractivity contribution in [2.24, 2.45) is 0 Å². The van der Waals surface area contributed by atoms with Gasteiger partial charge in [0.25, 0.3) is 5.91 Å².